The highest BCUT2D eigenvalue weighted by Gasteiger charge is 2.57. The van der Waals surface area contributed by atoms with E-state index in [0.29, 0.717) is 5.75 Å². The molecule has 1 N–H and O–H groups in total. The van der Waals surface area contributed by atoms with Crippen molar-refractivity contribution in [3.63, 3.8) is 0 Å². The molecule has 6 heteroatoms. The van der Waals surface area contributed by atoms with Crippen molar-refractivity contribution in [2.24, 2.45) is 0 Å². The summed E-state index contributed by atoms with van der Waals surface area (Å²) in [5.41, 5.74) is -0.339. The predicted molar refractivity (Wildman–Crippen MR) is 71.8 cm³/mol. The van der Waals surface area contributed by atoms with Gasteiger partial charge in [0.15, 0.2) is 5.54 Å². The van der Waals surface area contributed by atoms with Crippen LogP contribution in [0.3, 0.4) is 0 Å². The zero-order valence-corrected chi connectivity index (χ0v) is 12.2. The molecule has 3 rings (SSSR count). The molecule has 19 heavy (non-hydrogen) atoms. The second kappa shape index (κ2) is 3.96. The Morgan fingerprint density at radius 2 is 2.16 bits per heavy atom. The lowest BCUT2D eigenvalue weighted by Gasteiger charge is -2.21. The minimum absolute atomic E-state index is 0.145. The Morgan fingerprint density at radius 3 is 2.79 bits per heavy atom. The lowest BCUT2D eigenvalue weighted by atomic mass is 9.92. The molecule has 1 atom stereocenters. The molecule has 1 aromatic rings. The number of halogens is 1. The number of nitrogens with one attached hydrogen (secondary N) is 1. The fourth-order valence-corrected chi connectivity index (χ4v) is 2.92. The molecule has 0 bridgehead atoms. The summed E-state index contributed by atoms with van der Waals surface area (Å²) in [6.07, 6.45) is 0. The number of benzene rings is 1. The zero-order chi connectivity index (χ0) is 13.8. The van der Waals surface area contributed by atoms with E-state index in [1.807, 2.05) is 32.0 Å². The molecule has 2 aliphatic rings. The topological polar surface area (TPSA) is 58.6 Å². The number of carbonyl (C=O) groups is 2. The van der Waals surface area contributed by atoms with Crippen molar-refractivity contribution in [3.05, 3.63) is 28.2 Å². The number of imide groups is 1. The van der Waals surface area contributed by atoms with Gasteiger partial charge in [-0.1, -0.05) is 22.0 Å². The van der Waals surface area contributed by atoms with Gasteiger partial charge in [0, 0.05) is 16.1 Å². The van der Waals surface area contributed by atoms with E-state index >= 15 is 0 Å². The molecular weight excluding hydrogens is 312 g/mol. The van der Waals surface area contributed by atoms with Crippen molar-refractivity contribution in [3.8, 4) is 5.75 Å². The molecule has 1 saturated heterocycles. The molecule has 1 spiro atoms. The molecule has 1 fully saturated rings. The van der Waals surface area contributed by atoms with Crippen molar-refractivity contribution in [1.29, 1.82) is 0 Å². The van der Waals surface area contributed by atoms with E-state index in [4.69, 9.17) is 4.74 Å². The number of urea groups is 1. The highest BCUT2D eigenvalue weighted by molar-refractivity contribution is 9.10. The normalized spacial score (nSPS) is 24.9. The van der Waals surface area contributed by atoms with E-state index in [-0.39, 0.29) is 24.6 Å². The van der Waals surface area contributed by atoms with Crippen LogP contribution in [0.2, 0.25) is 0 Å². The second-order valence-electron chi connectivity index (χ2n) is 5.03. The van der Waals surface area contributed by atoms with Crippen LogP contribution >= 0.6 is 15.9 Å². The van der Waals surface area contributed by atoms with Crippen LogP contribution < -0.4 is 10.1 Å². The quantitative estimate of drug-likeness (QED) is 0.804. The van der Waals surface area contributed by atoms with E-state index < -0.39 is 5.54 Å². The van der Waals surface area contributed by atoms with E-state index in [1.165, 1.54) is 4.90 Å². The highest BCUT2D eigenvalue weighted by Crippen LogP contribution is 2.42. The number of amides is 3. The molecule has 0 saturated carbocycles. The fourth-order valence-electron chi connectivity index (χ4n) is 2.58. The van der Waals surface area contributed by atoms with Crippen molar-refractivity contribution in [1.82, 2.24) is 10.2 Å². The van der Waals surface area contributed by atoms with Gasteiger partial charge in [0.25, 0.3) is 5.91 Å². The molecular formula is C13H13BrN2O3. The summed E-state index contributed by atoms with van der Waals surface area (Å²) < 4.78 is 6.45. The number of nitrogens with zero attached hydrogens (tertiary/aromatic N) is 1. The van der Waals surface area contributed by atoms with Gasteiger partial charge in [0.05, 0.1) is 0 Å². The molecule has 1 unspecified atom stereocenters. The molecule has 2 heterocycles. The maximum Gasteiger partial charge on any atom is 0.325 e. The third kappa shape index (κ3) is 1.59. The third-order valence-electron chi connectivity index (χ3n) is 3.49. The van der Waals surface area contributed by atoms with E-state index in [0.717, 1.165) is 10.0 Å². The summed E-state index contributed by atoms with van der Waals surface area (Å²) >= 11 is 3.36. The first-order chi connectivity index (χ1) is 8.95. The van der Waals surface area contributed by atoms with Crippen LogP contribution in [0.4, 0.5) is 4.79 Å². The van der Waals surface area contributed by atoms with Gasteiger partial charge in [-0.25, -0.2) is 4.79 Å². The van der Waals surface area contributed by atoms with Crippen molar-refractivity contribution >= 4 is 27.9 Å². The van der Waals surface area contributed by atoms with Gasteiger partial charge in [-0.3, -0.25) is 9.69 Å². The Balaban J connectivity index is 2.09. The van der Waals surface area contributed by atoms with Crippen LogP contribution in [0.15, 0.2) is 22.7 Å². The molecule has 0 radical (unpaired) electrons. The van der Waals surface area contributed by atoms with Crippen LogP contribution in [0.25, 0.3) is 0 Å². The first kappa shape index (κ1) is 12.5. The van der Waals surface area contributed by atoms with Gasteiger partial charge in [-0.15, -0.1) is 0 Å². The Kier molecular flexibility index (Phi) is 2.60. The Labute approximate surface area is 119 Å². The number of ether oxygens (including phenoxy) is 1. The number of hydrogen-bond acceptors (Lipinski definition) is 3. The summed E-state index contributed by atoms with van der Waals surface area (Å²) in [6, 6.07) is 4.92. The molecule has 0 aromatic heterocycles. The minimum Gasteiger partial charge on any atom is -0.490 e. The summed E-state index contributed by atoms with van der Waals surface area (Å²) in [5.74, 6) is 0.391. The Hall–Kier alpha value is -1.56. The third-order valence-corrected chi connectivity index (χ3v) is 3.98. The first-order valence-electron chi connectivity index (χ1n) is 6.04. The molecule has 3 amide bonds. The van der Waals surface area contributed by atoms with Gasteiger partial charge >= 0.3 is 6.03 Å². The van der Waals surface area contributed by atoms with Gasteiger partial charge < -0.3 is 10.1 Å². The number of carbonyl (C=O) groups excluding carboxylic acids is 2. The molecule has 5 nitrogen and oxygen atoms in total. The first-order valence-corrected chi connectivity index (χ1v) is 6.83. The molecule has 100 valence electrons. The van der Waals surface area contributed by atoms with Gasteiger partial charge in [-0.05, 0) is 26.0 Å². The number of rotatable bonds is 1. The average molecular weight is 325 g/mol. The molecule has 1 aromatic carbocycles. The van der Waals surface area contributed by atoms with Crippen LogP contribution in [0.1, 0.15) is 19.4 Å². The summed E-state index contributed by atoms with van der Waals surface area (Å²) in [6.45, 7) is 3.77. The zero-order valence-electron chi connectivity index (χ0n) is 10.6. The number of fused-ring (bicyclic) bond motifs is 2. The average Bonchev–Trinajstić information content (AvgIpc) is 2.79. The van der Waals surface area contributed by atoms with E-state index in [2.05, 4.69) is 21.2 Å². The second-order valence-corrected chi connectivity index (χ2v) is 5.95. The molecule has 2 aliphatic heterocycles. The van der Waals surface area contributed by atoms with E-state index in [1.54, 1.807) is 0 Å². The lowest BCUT2D eigenvalue weighted by Crippen LogP contribution is -2.46. The van der Waals surface area contributed by atoms with Gasteiger partial charge in [0.1, 0.15) is 12.4 Å². The Morgan fingerprint density at radius 1 is 1.42 bits per heavy atom. The summed E-state index contributed by atoms with van der Waals surface area (Å²) in [7, 11) is 0. The smallest absolute Gasteiger partial charge is 0.325 e. The van der Waals surface area contributed by atoms with Gasteiger partial charge in [0.2, 0.25) is 0 Å². The van der Waals surface area contributed by atoms with Crippen LogP contribution in [-0.2, 0) is 10.3 Å². The fraction of sp³-hybridized carbons (Fsp3) is 0.385. The van der Waals surface area contributed by atoms with Crippen molar-refractivity contribution in [2.75, 3.05) is 6.61 Å². The standard InChI is InChI=1S/C13H13BrN2O3/c1-7(2)16-11(17)13(15-12(16)18)6-19-10-5-8(14)3-4-9(10)13/h3-5,7H,6H2,1-2H3,(H,15,18). The number of hydrogen-bond donors (Lipinski definition) is 1. The molecule has 0 aliphatic carbocycles. The van der Waals surface area contributed by atoms with Crippen LogP contribution in [-0.4, -0.2) is 29.5 Å². The predicted octanol–water partition coefficient (Wildman–Crippen LogP) is 2.00. The minimum atomic E-state index is -1.06. The summed E-state index contributed by atoms with van der Waals surface area (Å²) in [5, 5.41) is 2.78. The Bertz CT molecular complexity index is 587. The highest BCUT2D eigenvalue weighted by atomic mass is 79.9. The van der Waals surface area contributed by atoms with E-state index in [9.17, 15) is 9.59 Å². The monoisotopic (exact) mass is 324 g/mol. The lowest BCUT2D eigenvalue weighted by molar-refractivity contribution is -0.133. The maximum absolute atomic E-state index is 12.6. The van der Waals surface area contributed by atoms with Crippen LogP contribution in [0.5, 0.6) is 5.75 Å². The maximum atomic E-state index is 12.6. The van der Waals surface area contributed by atoms with Gasteiger partial charge in [-0.2, -0.15) is 0 Å². The summed E-state index contributed by atoms with van der Waals surface area (Å²) in [4.78, 5) is 25.8. The van der Waals surface area contributed by atoms with Crippen molar-refractivity contribution in [2.45, 2.75) is 25.4 Å². The van der Waals surface area contributed by atoms with Crippen molar-refractivity contribution < 1.29 is 14.3 Å². The largest absolute Gasteiger partial charge is 0.490 e. The van der Waals surface area contributed by atoms with Crippen LogP contribution in [0, 0.1) is 0 Å². The SMILES string of the molecule is CC(C)N1C(=O)NC2(COc3cc(Br)ccc32)C1=O.